The van der Waals surface area contributed by atoms with E-state index < -0.39 is 16.0 Å². The number of sulfonamides is 1. The summed E-state index contributed by atoms with van der Waals surface area (Å²) in [6.45, 7) is 1.17. The minimum absolute atomic E-state index is 0.118. The van der Waals surface area contributed by atoms with Gasteiger partial charge in [0.1, 0.15) is 17.2 Å². The summed E-state index contributed by atoms with van der Waals surface area (Å²) >= 11 is 0. The molecule has 1 aliphatic heterocycles. The van der Waals surface area contributed by atoms with Gasteiger partial charge in [-0.2, -0.15) is 4.31 Å². The summed E-state index contributed by atoms with van der Waals surface area (Å²) in [5, 5.41) is 0. The van der Waals surface area contributed by atoms with Crippen molar-refractivity contribution in [1.82, 2.24) is 8.87 Å². The van der Waals surface area contributed by atoms with E-state index in [1.165, 1.54) is 21.1 Å². The van der Waals surface area contributed by atoms with Gasteiger partial charge >= 0.3 is 5.97 Å². The summed E-state index contributed by atoms with van der Waals surface area (Å²) < 4.78 is 33.8. The lowest BCUT2D eigenvalue weighted by Gasteiger charge is -2.13. The van der Waals surface area contributed by atoms with E-state index in [4.69, 9.17) is 4.74 Å². The lowest BCUT2D eigenvalue weighted by atomic mass is 10.0. The largest absolute Gasteiger partial charge is 0.456 e. The highest BCUT2D eigenvalue weighted by Crippen LogP contribution is 2.23. The van der Waals surface area contributed by atoms with Crippen molar-refractivity contribution in [3.63, 3.8) is 0 Å². The third-order valence-corrected chi connectivity index (χ3v) is 7.19. The maximum Gasteiger partial charge on any atom is 0.355 e. The van der Waals surface area contributed by atoms with Gasteiger partial charge in [0.05, 0.1) is 0 Å². The van der Waals surface area contributed by atoms with Crippen LogP contribution in [0.2, 0.25) is 0 Å². The normalized spacial score (nSPS) is 14.7. The van der Waals surface area contributed by atoms with Gasteiger partial charge in [0.15, 0.2) is 0 Å². The van der Waals surface area contributed by atoms with Gasteiger partial charge in [-0.15, -0.1) is 0 Å². The monoisotopic (exact) mass is 424 g/mol. The van der Waals surface area contributed by atoms with Gasteiger partial charge in [-0.05, 0) is 35.6 Å². The third kappa shape index (κ3) is 4.17. The maximum atomic E-state index is 12.7. The second kappa shape index (κ2) is 8.45. The molecule has 3 aromatic rings. The van der Waals surface area contributed by atoms with Crippen LogP contribution in [0.5, 0.6) is 0 Å². The second-order valence-corrected chi connectivity index (χ2v) is 9.36. The number of hydrogen-bond donors (Lipinski definition) is 0. The molecule has 1 aromatic heterocycles. The summed E-state index contributed by atoms with van der Waals surface area (Å²) in [7, 11) is -1.92. The van der Waals surface area contributed by atoms with Crippen molar-refractivity contribution in [3.8, 4) is 11.1 Å². The Kier molecular flexibility index (Phi) is 5.74. The molecule has 7 heteroatoms. The zero-order chi connectivity index (χ0) is 21.1. The molecule has 6 nitrogen and oxygen atoms in total. The predicted molar refractivity (Wildman–Crippen MR) is 114 cm³/mol. The molecule has 1 saturated heterocycles. The number of nitrogens with zero attached hydrogens (tertiary/aromatic N) is 2. The predicted octanol–water partition coefficient (Wildman–Crippen LogP) is 3.83. The van der Waals surface area contributed by atoms with Crippen LogP contribution in [0.15, 0.2) is 71.8 Å². The molecular formula is C23H24N2O4S. The zero-order valence-corrected chi connectivity index (χ0v) is 17.6. The number of rotatable bonds is 6. The van der Waals surface area contributed by atoms with Crippen molar-refractivity contribution in [2.75, 3.05) is 13.1 Å². The molecule has 2 aromatic carbocycles. The van der Waals surface area contributed by atoms with Crippen molar-refractivity contribution < 1.29 is 17.9 Å². The molecule has 0 bridgehead atoms. The number of carbonyl (C=O) groups excluding carboxylic acids is 1. The molecule has 0 unspecified atom stereocenters. The van der Waals surface area contributed by atoms with E-state index >= 15 is 0 Å². The van der Waals surface area contributed by atoms with E-state index in [-0.39, 0.29) is 17.2 Å². The topological polar surface area (TPSA) is 68.6 Å². The number of aromatic nitrogens is 1. The van der Waals surface area contributed by atoms with E-state index in [2.05, 4.69) is 0 Å². The minimum Gasteiger partial charge on any atom is -0.456 e. The number of carbonyl (C=O) groups is 1. The van der Waals surface area contributed by atoms with E-state index in [0.717, 1.165) is 29.5 Å². The first-order valence-electron chi connectivity index (χ1n) is 9.93. The standard InChI is InChI=1S/C23H24N2O4S/c1-24-16-21(30(27,28)25-13-5-6-14-25)15-22(24)23(26)29-17-18-9-11-20(12-10-18)19-7-3-2-4-8-19/h2-4,7-12,15-16H,5-6,13-14,17H2,1H3. The van der Waals surface area contributed by atoms with E-state index in [0.29, 0.717) is 13.1 Å². The second-order valence-electron chi connectivity index (χ2n) is 7.42. The number of aryl methyl sites for hydroxylation is 1. The van der Waals surface area contributed by atoms with Crippen LogP contribution in [0.3, 0.4) is 0 Å². The fourth-order valence-electron chi connectivity index (χ4n) is 3.60. The first-order valence-corrected chi connectivity index (χ1v) is 11.4. The molecule has 30 heavy (non-hydrogen) atoms. The smallest absolute Gasteiger partial charge is 0.355 e. The van der Waals surface area contributed by atoms with Crippen LogP contribution in [0.1, 0.15) is 28.9 Å². The van der Waals surface area contributed by atoms with Crippen molar-refractivity contribution in [3.05, 3.63) is 78.1 Å². The van der Waals surface area contributed by atoms with Gasteiger partial charge in [-0.1, -0.05) is 54.6 Å². The van der Waals surface area contributed by atoms with Crippen LogP contribution in [0, 0.1) is 0 Å². The Morgan fingerprint density at radius 3 is 2.27 bits per heavy atom. The molecular weight excluding hydrogens is 400 g/mol. The van der Waals surface area contributed by atoms with Crippen LogP contribution in [0.25, 0.3) is 11.1 Å². The molecule has 1 aliphatic rings. The fraction of sp³-hybridized carbons (Fsp3) is 0.261. The van der Waals surface area contributed by atoms with Crippen molar-refractivity contribution >= 4 is 16.0 Å². The molecule has 1 fully saturated rings. The number of esters is 1. The zero-order valence-electron chi connectivity index (χ0n) is 16.8. The lowest BCUT2D eigenvalue weighted by Crippen LogP contribution is -2.27. The fourth-order valence-corrected chi connectivity index (χ4v) is 5.19. The van der Waals surface area contributed by atoms with E-state index in [1.807, 2.05) is 54.6 Å². The van der Waals surface area contributed by atoms with Crippen LogP contribution in [-0.2, 0) is 28.4 Å². The number of ether oxygens (including phenoxy) is 1. The Balaban J connectivity index is 1.43. The average molecular weight is 425 g/mol. The van der Waals surface area contributed by atoms with Crippen molar-refractivity contribution in [2.45, 2.75) is 24.3 Å². The number of hydrogen-bond acceptors (Lipinski definition) is 4. The first-order chi connectivity index (χ1) is 14.4. The molecule has 0 saturated carbocycles. The summed E-state index contributed by atoms with van der Waals surface area (Å²) in [5.41, 5.74) is 3.29. The van der Waals surface area contributed by atoms with Crippen molar-refractivity contribution in [1.29, 1.82) is 0 Å². The highest BCUT2D eigenvalue weighted by Gasteiger charge is 2.29. The Labute approximate surface area is 176 Å². The van der Waals surface area contributed by atoms with Crippen LogP contribution in [-0.4, -0.2) is 36.3 Å². The number of benzene rings is 2. The molecule has 0 atom stereocenters. The van der Waals surface area contributed by atoms with E-state index in [9.17, 15) is 13.2 Å². The highest BCUT2D eigenvalue weighted by molar-refractivity contribution is 7.89. The van der Waals surface area contributed by atoms with Gasteiger partial charge in [0.2, 0.25) is 10.0 Å². The summed E-state index contributed by atoms with van der Waals surface area (Å²) in [5.74, 6) is -0.549. The molecule has 0 aliphatic carbocycles. The highest BCUT2D eigenvalue weighted by atomic mass is 32.2. The lowest BCUT2D eigenvalue weighted by molar-refractivity contribution is 0.0461. The summed E-state index contributed by atoms with van der Waals surface area (Å²) in [6, 6.07) is 19.2. The molecule has 4 rings (SSSR count). The van der Waals surface area contributed by atoms with E-state index in [1.54, 1.807) is 7.05 Å². The van der Waals surface area contributed by atoms with Crippen molar-refractivity contribution in [2.24, 2.45) is 7.05 Å². The Morgan fingerprint density at radius 2 is 1.60 bits per heavy atom. The van der Waals surface area contributed by atoms with Gasteiger partial charge in [-0.25, -0.2) is 13.2 Å². The quantitative estimate of drug-likeness (QED) is 0.564. The van der Waals surface area contributed by atoms with Gasteiger partial charge < -0.3 is 9.30 Å². The molecule has 0 radical (unpaired) electrons. The molecule has 0 N–H and O–H groups in total. The molecule has 0 spiro atoms. The average Bonchev–Trinajstić information content (AvgIpc) is 3.44. The van der Waals surface area contributed by atoms with Gasteiger partial charge in [0, 0.05) is 26.3 Å². The van der Waals surface area contributed by atoms with Crippen LogP contribution >= 0.6 is 0 Å². The maximum absolute atomic E-state index is 12.7. The molecule has 0 amide bonds. The third-order valence-electron chi connectivity index (χ3n) is 5.32. The molecule has 2 heterocycles. The van der Waals surface area contributed by atoms with Crippen LogP contribution < -0.4 is 0 Å². The summed E-state index contributed by atoms with van der Waals surface area (Å²) in [6.07, 6.45) is 3.20. The SMILES string of the molecule is Cn1cc(S(=O)(=O)N2CCCC2)cc1C(=O)OCc1ccc(-c2ccccc2)cc1. The Morgan fingerprint density at radius 1 is 0.967 bits per heavy atom. The molecule has 156 valence electrons. The van der Waals surface area contributed by atoms with Gasteiger partial charge in [0.25, 0.3) is 0 Å². The first kappa shape index (κ1) is 20.4. The summed E-state index contributed by atoms with van der Waals surface area (Å²) in [4.78, 5) is 12.7. The minimum atomic E-state index is -3.57. The van der Waals surface area contributed by atoms with Gasteiger partial charge in [-0.3, -0.25) is 0 Å². The van der Waals surface area contributed by atoms with Crippen LogP contribution in [0.4, 0.5) is 0 Å². The Hall–Kier alpha value is -2.90. The Bertz CT molecular complexity index is 1130.